The van der Waals surface area contributed by atoms with Gasteiger partial charge in [-0.1, -0.05) is 140 Å². The van der Waals surface area contributed by atoms with Crippen LogP contribution in [0.2, 0.25) is 0 Å². The van der Waals surface area contributed by atoms with Gasteiger partial charge in [-0.25, -0.2) is 0 Å². The first-order valence-corrected chi connectivity index (χ1v) is 20.3. The smallest absolute Gasteiger partial charge is 0.0631 e. The molecule has 0 aromatic heterocycles. The first-order chi connectivity index (χ1) is 21.9. The van der Waals surface area contributed by atoms with Crippen molar-refractivity contribution in [3.63, 3.8) is 0 Å². The minimum Gasteiger partial charge on any atom is -0.310 e. The van der Waals surface area contributed by atoms with Gasteiger partial charge < -0.3 is 5.43 Å². The van der Waals surface area contributed by atoms with Gasteiger partial charge in [0.2, 0.25) is 0 Å². The second-order valence-electron chi connectivity index (χ2n) is 14.6. The summed E-state index contributed by atoms with van der Waals surface area (Å²) < 4.78 is 0. The van der Waals surface area contributed by atoms with Crippen LogP contribution in [0.1, 0.15) is 218 Å². The first-order valence-electron chi connectivity index (χ1n) is 20.3. The van der Waals surface area contributed by atoms with E-state index in [1.807, 2.05) is 0 Å². The number of nitrogens with one attached hydrogen (secondary N) is 1. The number of hydrogen-bond acceptors (Lipinski definition) is 2. The Morgan fingerprint density at radius 2 is 0.636 bits per heavy atom. The van der Waals surface area contributed by atoms with Crippen molar-refractivity contribution in [3.8, 4) is 0 Å². The van der Waals surface area contributed by atoms with Crippen LogP contribution in [0.3, 0.4) is 0 Å². The fourth-order valence-electron chi connectivity index (χ4n) is 7.65. The third-order valence-electron chi connectivity index (χ3n) is 10.6. The molecule has 1 N–H and O–H groups in total. The topological polar surface area (TPSA) is 24.4 Å². The second-order valence-corrected chi connectivity index (χ2v) is 14.6. The molecule has 1 aliphatic heterocycles. The van der Waals surface area contributed by atoms with Gasteiger partial charge in [-0.15, -0.1) is 0 Å². The Morgan fingerprint density at radius 1 is 0.318 bits per heavy atom. The zero-order valence-electron chi connectivity index (χ0n) is 29.4. The zero-order chi connectivity index (χ0) is 30.6. The van der Waals surface area contributed by atoms with E-state index in [9.17, 15) is 0 Å². The summed E-state index contributed by atoms with van der Waals surface area (Å²) in [7, 11) is 0. The summed E-state index contributed by atoms with van der Waals surface area (Å²) >= 11 is 0. The number of allylic oxidation sites excluding steroid dienone is 6. The van der Waals surface area contributed by atoms with Crippen LogP contribution < -0.4 is 5.43 Å². The van der Waals surface area contributed by atoms with Gasteiger partial charge in [-0.3, -0.25) is 0 Å². The largest absolute Gasteiger partial charge is 0.310 e. The average molecular weight is 607 g/mol. The number of hydrazone groups is 1. The summed E-state index contributed by atoms with van der Waals surface area (Å²) in [5, 5.41) is 4.80. The summed E-state index contributed by atoms with van der Waals surface area (Å²) in [4.78, 5) is 0. The summed E-state index contributed by atoms with van der Waals surface area (Å²) in [6.45, 7) is 1.05. The molecule has 0 aromatic carbocycles. The lowest BCUT2D eigenvalue weighted by Gasteiger charge is -2.13. The Hall–Kier alpha value is -1.31. The van der Waals surface area contributed by atoms with Crippen LogP contribution in [0.15, 0.2) is 40.0 Å². The van der Waals surface area contributed by atoms with Gasteiger partial charge in [0, 0.05) is 6.54 Å². The highest BCUT2D eigenvalue weighted by atomic mass is 15.3. The quantitative estimate of drug-likeness (QED) is 0.332. The van der Waals surface area contributed by atoms with E-state index in [2.05, 4.69) is 23.7 Å². The Kier molecular flexibility index (Phi) is 22.7. The molecule has 252 valence electrons. The molecule has 44 heavy (non-hydrogen) atoms. The normalized spacial score (nSPS) is 24.2. The van der Waals surface area contributed by atoms with Gasteiger partial charge in [-0.2, -0.15) is 5.10 Å². The van der Waals surface area contributed by atoms with Crippen molar-refractivity contribution in [1.82, 2.24) is 5.43 Å². The summed E-state index contributed by atoms with van der Waals surface area (Å²) in [6, 6.07) is 0. The van der Waals surface area contributed by atoms with Gasteiger partial charge in [0.05, 0.1) is 5.71 Å². The predicted octanol–water partition coefficient (Wildman–Crippen LogP) is 14.0. The van der Waals surface area contributed by atoms with Crippen molar-refractivity contribution in [3.05, 3.63) is 34.9 Å². The second kappa shape index (κ2) is 26.9. The third kappa shape index (κ3) is 18.6. The average Bonchev–Trinajstić information content (AvgIpc) is 3.22. The van der Waals surface area contributed by atoms with Crippen molar-refractivity contribution >= 4 is 5.71 Å². The number of rotatable bonds is 2. The molecule has 2 nitrogen and oxygen atoms in total. The summed E-state index contributed by atoms with van der Waals surface area (Å²) in [5.41, 5.74) is 9.77. The van der Waals surface area contributed by atoms with Crippen molar-refractivity contribution < 1.29 is 0 Å². The van der Waals surface area contributed by atoms with Crippen LogP contribution in [0.25, 0.3) is 0 Å². The Labute approximate surface area is 275 Å². The van der Waals surface area contributed by atoms with Crippen LogP contribution in [0, 0.1) is 0 Å². The highest BCUT2D eigenvalue weighted by Gasteiger charge is 2.10. The minimum absolute atomic E-state index is 1.05. The van der Waals surface area contributed by atoms with Crippen LogP contribution >= 0.6 is 0 Å². The van der Waals surface area contributed by atoms with Gasteiger partial charge in [0.15, 0.2) is 0 Å². The maximum atomic E-state index is 4.80. The van der Waals surface area contributed by atoms with E-state index >= 15 is 0 Å². The van der Waals surface area contributed by atoms with Crippen molar-refractivity contribution in [2.24, 2.45) is 5.10 Å². The molecule has 1 heterocycles. The molecule has 0 aromatic rings. The van der Waals surface area contributed by atoms with Crippen molar-refractivity contribution in [2.45, 2.75) is 218 Å². The van der Waals surface area contributed by atoms with Gasteiger partial charge in [0.1, 0.15) is 0 Å². The van der Waals surface area contributed by atoms with Gasteiger partial charge in [0.25, 0.3) is 0 Å². The van der Waals surface area contributed by atoms with Gasteiger partial charge >= 0.3 is 0 Å². The van der Waals surface area contributed by atoms with Crippen LogP contribution in [-0.2, 0) is 0 Å². The fraction of sp³-hybridized carbons (Fsp3) is 0.833. The SMILES string of the molecule is C1=C(C2=CCCCCCCCCC2)CCCCCCCCC1.C1=C(C2=NNCCCCCCCC2)CCCCCCCCC1. The molecule has 0 bridgehead atoms. The van der Waals surface area contributed by atoms with E-state index in [4.69, 9.17) is 5.10 Å². The molecule has 0 unspecified atom stereocenters. The highest BCUT2D eigenvalue weighted by Crippen LogP contribution is 2.28. The molecule has 0 spiro atoms. The zero-order valence-corrected chi connectivity index (χ0v) is 29.4. The van der Waals surface area contributed by atoms with E-state index in [1.165, 1.54) is 224 Å². The molecule has 4 rings (SSSR count). The van der Waals surface area contributed by atoms with Crippen molar-refractivity contribution in [2.75, 3.05) is 6.54 Å². The van der Waals surface area contributed by atoms with E-state index in [0.717, 1.165) is 6.54 Å². The Bertz CT molecular complexity index is 680. The maximum absolute atomic E-state index is 4.80. The molecular weight excluding hydrogens is 532 g/mol. The number of hydrogen-bond donors (Lipinski definition) is 1. The maximum Gasteiger partial charge on any atom is 0.0631 e. The summed E-state index contributed by atoms with van der Waals surface area (Å²) in [5.74, 6) is 0. The molecule has 0 saturated heterocycles. The molecule has 4 aliphatic rings. The van der Waals surface area contributed by atoms with Crippen LogP contribution in [0.4, 0.5) is 0 Å². The lowest BCUT2D eigenvalue weighted by atomic mass is 9.93. The Balaban J connectivity index is 0.000000240. The van der Waals surface area contributed by atoms with Crippen molar-refractivity contribution in [1.29, 1.82) is 0 Å². The van der Waals surface area contributed by atoms with Gasteiger partial charge in [-0.05, 0) is 113 Å². The summed E-state index contributed by atoms with van der Waals surface area (Å²) in [6.07, 6.45) is 55.0. The molecule has 0 amide bonds. The van der Waals surface area contributed by atoms with Crippen LogP contribution in [0.5, 0.6) is 0 Å². The predicted molar refractivity (Wildman–Crippen MR) is 197 cm³/mol. The van der Waals surface area contributed by atoms with E-state index in [1.54, 1.807) is 16.7 Å². The molecular formula is C42H74N2. The monoisotopic (exact) mass is 607 g/mol. The lowest BCUT2D eigenvalue weighted by Crippen LogP contribution is -2.14. The number of nitrogens with zero attached hydrogens (tertiary/aromatic N) is 1. The minimum atomic E-state index is 1.05. The molecule has 0 atom stereocenters. The first kappa shape index (κ1) is 37.2. The van der Waals surface area contributed by atoms with E-state index in [0.29, 0.717) is 0 Å². The third-order valence-corrected chi connectivity index (χ3v) is 10.6. The molecule has 0 fully saturated rings. The highest BCUT2D eigenvalue weighted by molar-refractivity contribution is 5.99. The molecule has 2 heteroatoms. The van der Waals surface area contributed by atoms with Crippen LogP contribution in [-0.4, -0.2) is 12.3 Å². The fourth-order valence-corrected chi connectivity index (χ4v) is 7.65. The van der Waals surface area contributed by atoms with E-state index in [-0.39, 0.29) is 0 Å². The van der Waals surface area contributed by atoms with E-state index < -0.39 is 0 Å². The standard InChI is InChI=1S/C22H38.C20H36N2/c1-2-6-10-14-18-21(17-13-9-5-1)22-19-15-11-7-3-4-8-12-16-20-22;1-2-4-8-12-16-19(15-11-7-3-1)20-17-13-9-5-6-10-14-18-21-22-20/h17,19H,1-16,18,20H2;15,21H,1-14,16-18H2. The molecule has 0 radical (unpaired) electrons. The lowest BCUT2D eigenvalue weighted by molar-refractivity contribution is 0.584. The molecule has 3 aliphatic carbocycles. The molecule has 0 saturated carbocycles. The Morgan fingerprint density at radius 3 is 1.09 bits per heavy atom.